The van der Waals surface area contributed by atoms with Gasteiger partial charge >= 0.3 is 5.91 Å². The number of aliphatic hydroxyl groups is 1. The van der Waals surface area contributed by atoms with E-state index in [0.717, 1.165) is 5.56 Å². The van der Waals surface area contributed by atoms with Crippen molar-refractivity contribution in [3.05, 3.63) is 81.6 Å². The fourth-order valence-electron chi connectivity index (χ4n) is 3.71. The van der Waals surface area contributed by atoms with E-state index in [-0.39, 0.29) is 17.2 Å². The van der Waals surface area contributed by atoms with Crippen LogP contribution < -0.4 is 9.64 Å². The molecule has 1 amide bonds. The van der Waals surface area contributed by atoms with Crippen LogP contribution in [-0.4, -0.2) is 29.1 Å². The van der Waals surface area contributed by atoms with Crippen molar-refractivity contribution in [3.8, 4) is 5.75 Å². The average Bonchev–Trinajstić information content (AvgIpc) is 3.28. The van der Waals surface area contributed by atoms with E-state index >= 15 is 0 Å². The van der Waals surface area contributed by atoms with Gasteiger partial charge in [0.05, 0.1) is 18.7 Å². The van der Waals surface area contributed by atoms with E-state index in [1.165, 1.54) is 4.90 Å². The summed E-state index contributed by atoms with van der Waals surface area (Å²) in [6, 6.07) is 12.4. The minimum Gasteiger partial charge on any atom is -0.507 e. The van der Waals surface area contributed by atoms with Crippen molar-refractivity contribution < 1.29 is 24.0 Å². The van der Waals surface area contributed by atoms with Crippen LogP contribution in [0.5, 0.6) is 5.75 Å². The zero-order chi connectivity index (χ0) is 22.3. The maximum absolute atomic E-state index is 13.1. The number of benzene rings is 2. The standard InChI is InChI=1S/C23H19ClN2O5/c1-12-9-15(7-8-17(12)30-3)21(27)19-20(14-5-4-6-16(24)11-14)26(23(29)22(19)28)18-10-13(2)31-25-18/h4-11,20,27H,1-3H3/b21-19+/t20-/m1/s1. The molecule has 0 bridgehead atoms. The molecule has 1 saturated heterocycles. The van der Waals surface area contributed by atoms with Gasteiger partial charge in [-0.3, -0.25) is 14.5 Å². The molecule has 0 spiro atoms. The molecule has 31 heavy (non-hydrogen) atoms. The van der Waals surface area contributed by atoms with Gasteiger partial charge < -0.3 is 14.4 Å². The number of Topliss-reactive ketones (excluding diaryl/α,β-unsaturated/α-hetero) is 1. The molecule has 3 aromatic rings. The Bertz CT molecular complexity index is 1230. The molecular weight excluding hydrogens is 420 g/mol. The molecule has 1 aliphatic heterocycles. The Morgan fingerprint density at radius 3 is 2.55 bits per heavy atom. The van der Waals surface area contributed by atoms with E-state index in [2.05, 4.69) is 5.16 Å². The monoisotopic (exact) mass is 438 g/mol. The molecule has 0 saturated carbocycles. The Labute approximate surface area is 183 Å². The van der Waals surface area contributed by atoms with Crippen molar-refractivity contribution in [2.45, 2.75) is 19.9 Å². The third kappa shape index (κ3) is 3.57. The minimum absolute atomic E-state index is 0.0579. The largest absolute Gasteiger partial charge is 0.507 e. The molecule has 0 aliphatic carbocycles. The Kier molecular flexibility index (Phi) is 5.29. The summed E-state index contributed by atoms with van der Waals surface area (Å²) in [5, 5.41) is 15.5. The highest BCUT2D eigenvalue weighted by Crippen LogP contribution is 2.42. The molecule has 2 heterocycles. The molecular formula is C23H19ClN2O5. The van der Waals surface area contributed by atoms with Gasteiger partial charge in [-0.25, -0.2) is 0 Å². The van der Waals surface area contributed by atoms with E-state index in [0.29, 0.717) is 27.7 Å². The highest BCUT2D eigenvalue weighted by atomic mass is 35.5. The number of aromatic nitrogens is 1. The predicted octanol–water partition coefficient (Wildman–Crippen LogP) is 4.58. The summed E-state index contributed by atoms with van der Waals surface area (Å²) in [7, 11) is 1.55. The Morgan fingerprint density at radius 1 is 1.16 bits per heavy atom. The van der Waals surface area contributed by atoms with Crippen molar-refractivity contribution >= 4 is 34.9 Å². The first-order chi connectivity index (χ1) is 14.8. The average molecular weight is 439 g/mol. The third-order valence-corrected chi connectivity index (χ3v) is 5.37. The van der Waals surface area contributed by atoms with E-state index in [4.69, 9.17) is 20.9 Å². The zero-order valence-electron chi connectivity index (χ0n) is 17.0. The molecule has 1 N–H and O–H groups in total. The predicted molar refractivity (Wildman–Crippen MR) is 115 cm³/mol. The number of aryl methyl sites for hydroxylation is 2. The van der Waals surface area contributed by atoms with Crippen LogP contribution in [0.2, 0.25) is 5.02 Å². The first kappa shape index (κ1) is 20.7. The molecule has 4 rings (SSSR count). The van der Waals surface area contributed by atoms with Crippen LogP contribution in [0.3, 0.4) is 0 Å². The summed E-state index contributed by atoms with van der Waals surface area (Å²) in [5.41, 5.74) is 1.66. The molecule has 7 nitrogen and oxygen atoms in total. The van der Waals surface area contributed by atoms with E-state index in [1.54, 1.807) is 62.6 Å². The number of nitrogens with zero attached hydrogens (tertiary/aromatic N) is 2. The first-order valence-corrected chi connectivity index (χ1v) is 9.84. The Balaban J connectivity index is 1.94. The van der Waals surface area contributed by atoms with Crippen LogP contribution in [0.1, 0.15) is 28.5 Å². The molecule has 1 aromatic heterocycles. The second-order valence-corrected chi connectivity index (χ2v) is 7.64. The summed E-state index contributed by atoms with van der Waals surface area (Å²) >= 11 is 6.18. The number of ether oxygens (including phenoxy) is 1. The van der Waals surface area contributed by atoms with Gasteiger partial charge in [0.25, 0.3) is 5.78 Å². The number of carbonyl (C=O) groups is 2. The van der Waals surface area contributed by atoms with Crippen molar-refractivity contribution in [3.63, 3.8) is 0 Å². The third-order valence-electron chi connectivity index (χ3n) is 5.14. The highest BCUT2D eigenvalue weighted by molar-refractivity contribution is 6.51. The number of ketones is 1. The lowest BCUT2D eigenvalue weighted by atomic mass is 9.95. The maximum Gasteiger partial charge on any atom is 0.301 e. The van der Waals surface area contributed by atoms with Crippen molar-refractivity contribution in [2.75, 3.05) is 12.0 Å². The van der Waals surface area contributed by atoms with Gasteiger partial charge in [-0.15, -0.1) is 0 Å². The quantitative estimate of drug-likeness (QED) is 0.364. The molecule has 2 aromatic carbocycles. The number of halogens is 1. The van der Waals surface area contributed by atoms with Gasteiger partial charge in [0.15, 0.2) is 5.82 Å². The molecule has 1 fully saturated rings. The summed E-state index contributed by atoms with van der Waals surface area (Å²) in [5.74, 6) is -0.637. The number of methoxy groups -OCH3 is 1. The molecule has 8 heteroatoms. The summed E-state index contributed by atoms with van der Waals surface area (Å²) in [6.45, 7) is 3.50. The lowest BCUT2D eigenvalue weighted by Crippen LogP contribution is -2.29. The van der Waals surface area contributed by atoms with Gasteiger partial charge in [-0.1, -0.05) is 28.9 Å². The SMILES string of the molecule is COc1ccc(/C(O)=C2\C(=O)C(=O)N(c3cc(C)on3)[C@@H]2c2cccc(Cl)c2)cc1C. The number of carbonyl (C=O) groups excluding carboxylic acids is 2. The minimum atomic E-state index is -0.925. The van der Waals surface area contributed by atoms with Crippen LogP contribution in [0, 0.1) is 13.8 Å². The molecule has 1 atom stereocenters. The second-order valence-electron chi connectivity index (χ2n) is 7.20. The molecule has 1 aliphatic rings. The lowest BCUT2D eigenvalue weighted by molar-refractivity contribution is -0.132. The number of anilines is 1. The number of amides is 1. The van der Waals surface area contributed by atoms with Crippen LogP contribution in [0.4, 0.5) is 5.82 Å². The number of hydrogen-bond acceptors (Lipinski definition) is 6. The number of rotatable bonds is 4. The summed E-state index contributed by atoms with van der Waals surface area (Å²) < 4.78 is 10.4. The van der Waals surface area contributed by atoms with Crippen LogP contribution in [0.25, 0.3) is 5.76 Å². The van der Waals surface area contributed by atoms with Gasteiger partial charge in [-0.2, -0.15) is 0 Å². The van der Waals surface area contributed by atoms with Crippen LogP contribution in [0.15, 0.2) is 58.6 Å². The smallest absolute Gasteiger partial charge is 0.301 e. The summed E-state index contributed by atoms with van der Waals surface area (Å²) in [6.07, 6.45) is 0. The second kappa shape index (κ2) is 7.92. The van der Waals surface area contributed by atoms with Crippen LogP contribution >= 0.6 is 11.6 Å². The number of hydrogen-bond donors (Lipinski definition) is 1. The van der Waals surface area contributed by atoms with Crippen molar-refractivity contribution in [1.29, 1.82) is 0 Å². The molecule has 158 valence electrons. The van der Waals surface area contributed by atoms with E-state index in [9.17, 15) is 14.7 Å². The van der Waals surface area contributed by atoms with Gasteiger partial charge in [0.1, 0.15) is 17.3 Å². The first-order valence-electron chi connectivity index (χ1n) is 9.46. The van der Waals surface area contributed by atoms with E-state index in [1.807, 2.05) is 6.92 Å². The topological polar surface area (TPSA) is 92.9 Å². The normalized spacial score (nSPS) is 17.9. The maximum atomic E-state index is 13.1. The van der Waals surface area contributed by atoms with Crippen molar-refractivity contribution in [1.82, 2.24) is 5.16 Å². The van der Waals surface area contributed by atoms with Gasteiger partial charge in [0, 0.05) is 16.7 Å². The zero-order valence-corrected chi connectivity index (χ0v) is 17.8. The lowest BCUT2D eigenvalue weighted by Gasteiger charge is -2.23. The van der Waals surface area contributed by atoms with Crippen LogP contribution in [-0.2, 0) is 9.59 Å². The Hall–Kier alpha value is -3.58. The Morgan fingerprint density at radius 2 is 1.94 bits per heavy atom. The fraction of sp³-hybridized carbons (Fsp3) is 0.174. The van der Waals surface area contributed by atoms with Crippen molar-refractivity contribution in [2.24, 2.45) is 0 Å². The molecule has 0 radical (unpaired) electrons. The highest BCUT2D eigenvalue weighted by Gasteiger charge is 2.48. The number of aliphatic hydroxyl groups excluding tert-OH is 1. The van der Waals surface area contributed by atoms with Gasteiger partial charge in [-0.05, 0) is 55.3 Å². The summed E-state index contributed by atoms with van der Waals surface area (Å²) in [4.78, 5) is 27.3. The fourth-order valence-corrected chi connectivity index (χ4v) is 3.91. The molecule has 0 unspecified atom stereocenters. The van der Waals surface area contributed by atoms with Gasteiger partial charge in [0.2, 0.25) is 0 Å². The van der Waals surface area contributed by atoms with E-state index < -0.39 is 17.7 Å².